The van der Waals surface area contributed by atoms with Gasteiger partial charge in [0.25, 0.3) is 0 Å². The van der Waals surface area contributed by atoms with E-state index in [1.165, 1.54) is 26.3 Å². The summed E-state index contributed by atoms with van der Waals surface area (Å²) in [5.41, 5.74) is 2.91. The number of methoxy groups -OCH3 is 1. The Balaban J connectivity index is 1.59. The summed E-state index contributed by atoms with van der Waals surface area (Å²) in [5, 5.41) is 12.4. The van der Waals surface area contributed by atoms with E-state index in [9.17, 15) is 9.59 Å². The molecule has 0 aliphatic rings. The summed E-state index contributed by atoms with van der Waals surface area (Å²) in [6, 6.07) is 22.4. The molecule has 0 aliphatic heterocycles. The minimum Gasteiger partial charge on any atom is -0.493 e. The number of esters is 1. The number of hydrogen-bond acceptors (Lipinski definition) is 8. The lowest BCUT2D eigenvalue weighted by atomic mass is 10.0. The van der Waals surface area contributed by atoms with Crippen molar-refractivity contribution in [2.75, 3.05) is 17.7 Å². The maximum absolute atomic E-state index is 15.4. The van der Waals surface area contributed by atoms with E-state index in [1.807, 2.05) is 30.3 Å². The molecule has 0 aliphatic carbocycles. The summed E-state index contributed by atoms with van der Waals surface area (Å²) >= 11 is 0. The minimum atomic E-state index is -0.678. The van der Waals surface area contributed by atoms with Gasteiger partial charge in [-0.25, -0.2) is 19.2 Å². The van der Waals surface area contributed by atoms with E-state index in [0.717, 1.165) is 5.56 Å². The van der Waals surface area contributed by atoms with Crippen molar-refractivity contribution in [3.8, 4) is 34.0 Å². The predicted molar refractivity (Wildman–Crippen MR) is 175 cm³/mol. The number of carbonyl (C=O) groups is 2. The highest BCUT2D eigenvalue weighted by atomic mass is 19.1. The van der Waals surface area contributed by atoms with Gasteiger partial charge in [-0.1, -0.05) is 42.5 Å². The molecule has 4 N–H and O–H groups in total. The van der Waals surface area contributed by atoms with Gasteiger partial charge in [-0.2, -0.15) is 0 Å². The first-order valence-corrected chi connectivity index (χ1v) is 14.3. The van der Waals surface area contributed by atoms with Crippen molar-refractivity contribution in [1.29, 1.82) is 0 Å². The van der Waals surface area contributed by atoms with Crippen molar-refractivity contribution in [1.82, 2.24) is 9.97 Å². The summed E-state index contributed by atoms with van der Waals surface area (Å²) in [6.45, 7) is 6.59. The van der Waals surface area contributed by atoms with Gasteiger partial charge in [0, 0.05) is 35.2 Å². The molecule has 0 saturated carbocycles. The number of benzene rings is 4. The number of nitrogens with two attached hydrogens (primary N) is 1. The second-order valence-corrected chi connectivity index (χ2v) is 11.3. The van der Waals surface area contributed by atoms with Crippen LogP contribution in [-0.2, 0) is 9.53 Å². The van der Waals surface area contributed by atoms with Crippen LogP contribution in [0.15, 0.2) is 78.9 Å². The number of nitrogens with zero attached hydrogens (tertiary/aromatic N) is 2. The molecule has 0 saturated heterocycles. The van der Waals surface area contributed by atoms with Crippen LogP contribution in [0.3, 0.4) is 0 Å². The van der Waals surface area contributed by atoms with Gasteiger partial charge in [0.15, 0.2) is 23.5 Å². The molecule has 0 spiro atoms. The number of ether oxygens (including phenoxy) is 3. The van der Waals surface area contributed by atoms with Crippen LogP contribution in [-0.4, -0.2) is 41.0 Å². The molecule has 0 fully saturated rings. The molecule has 5 rings (SSSR count). The number of aromatic nitrogens is 2. The molecule has 46 heavy (non-hydrogen) atoms. The number of fused-ring (bicyclic) bond motifs is 1. The zero-order chi connectivity index (χ0) is 33.0. The number of hydrogen-bond donors (Lipinski definition) is 3. The Morgan fingerprint density at radius 1 is 0.913 bits per heavy atom. The topological polar surface area (TPSA) is 137 Å². The standard InChI is InChI=1S/C35H32FN5O5/c1-20(42)45-31-17-26-29(18-30(31)44-5)39-32(22-11-13-25(27(36)16-22)21-9-7-6-8-10-21)41-33(26)38-24-12-14-28(23(15-24)19-37)40-34(43)46-35(2,3)4/h6-19,37H,1-5H3,(H,40,43)(H,38,39,41)/p+1. The Hall–Kier alpha value is -5.84. The predicted octanol–water partition coefficient (Wildman–Crippen LogP) is 6.31. The van der Waals surface area contributed by atoms with Gasteiger partial charge < -0.3 is 19.5 Å². The molecular weight excluding hydrogens is 589 g/mol. The van der Waals surface area contributed by atoms with Gasteiger partial charge in [0.1, 0.15) is 17.2 Å². The highest BCUT2D eigenvalue weighted by Gasteiger charge is 2.20. The smallest absolute Gasteiger partial charge is 0.412 e. The molecule has 10 nitrogen and oxygen atoms in total. The third-order valence-corrected chi connectivity index (χ3v) is 6.68. The second-order valence-electron chi connectivity index (χ2n) is 11.3. The van der Waals surface area contributed by atoms with Crippen molar-refractivity contribution < 1.29 is 33.6 Å². The average molecular weight is 623 g/mol. The summed E-state index contributed by atoms with van der Waals surface area (Å²) in [6.07, 6.45) is 0.725. The Kier molecular flexibility index (Phi) is 8.94. The molecule has 1 heterocycles. The molecule has 1 amide bonds. The molecule has 234 valence electrons. The van der Waals surface area contributed by atoms with Crippen molar-refractivity contribution in [3.63, 3.8) is 0 Å². The van der Waals surface area contributed by atoms with E-state index in [-0.39, 0.29) is 17.3 Å². The molecule has 1 aromatic heterocycles. The van der Waals surface area contributed by atoms with Crippen LogP contribution < -0.4 is 25.5 Å². The van der Waals surface area contributed by atoms with Crippen LogP contribution in [0.2, 0.25) is 0 Å². The molecule has 0 bridgehead atoms. The van der Waals surface area contributed by atoms with Crippen LogP contribution in [0.25, 0.3) is 33.4 Å². The van der Waals surface area contributed by atoms with Crippen molar-refractivity contribution in [2.24, 2.45) is 0 Å². The number of nitrogens with one attached hydrogen (secondary N) is 2. The lowest BCUT2D eigenvalue weighted by Gasteiger charge is -2.20. The van der Waals surface area contributed by atoms with Crippen molar-refractivity contribution in [3.05, 3.63) is 90.2 Å². The van der Waals surface area contributed by atoms with E-state index < -0.39 is 23.5 Å². The fraction of sp³-hybridized carbons (Fsp3) is 0.171. The van der Waals surface area contributed by atoms with E-state index in [2.05, 4.69) is 10.6 Å². The molecule has 0 unspecified atom stereocenters. The summed E-state index contributed by atoms with van der Waals surface area (Å²) in [4.78, 5) is 33.7. The molecule has 4 aromatic carbocycles. The SMILES string of the molecule is COc1cc2nc(-c3ccc(-c4ccccc4)c(F)c3)nc(Nc3ccc(NC(=O)OC(C)(C)C)c(C=[NH2+])c3)c2cc1OC(C)=O. The first-order chi connectivity index (χ1) is 21.9. The fourth-order valence-electron chi connectivity index (χ4n) is 4.70. The Morgan fingerprint density at radius 2 is 1.67 bits per heavy atom. The van der Waals surface area contributed by atoms with Crippen LogP contribution in [0, 0.1) is 5.82 Å². The van der Waals surface area contributed by atoms with E-state index in [1.54, 1.807) is 63.2 Å². The highest BCUT2D eigenvalue weighted by Crippen LogP contribution is 2.37. The monoisotopic (exact) mass is 622 g/mol. The highest BCUT2D eigenvalue weighted by molar-refractivity contribution is 5.97. The zero-order valence-corrected chi connectivity index (χ0v) is 26.0. The molecular formula is C35H33FN5O5+. The maximum atomic E-state index is 15.4. The Labute approximate surface area is 265 Å². The molecule has 5 aromatic rings. The van der Waals surface area contributed by atoms with E-state index in [4.69, 9.17) is 29.6 Å². The number of halogens is 1. The van der Waals surface area contributed by atoms with Gasteiger partial charge in [-0.3, -0.25) is 15.5 Å². The lowest BCUT2D eigenvalue weighted by Crippen LogP contribution is -2.31. The second kappa shape index (κ2) is 13.0. The van der Waals surface area contributed by atoms with Gasteiger partial charge >= 0.3 is 12.1 Å². The van der Waals surface area contributed by atoms with Gasteiger partial charge in [-0.15, -0.1) is 0 Å². The largest absolute Gasteiger partial charge is 0.493 e. The number of carbonyl (C=O) groups excluding carboxylic acids is 2. The third-order valence-electron chi connectivity index (χ3n) is 6.68. The molecule has 0 atom stereocenters. The van der Waals surface area contributed by atoms with Crippen LogP contribution >= 0.6 is 0 Å². The van der Waals surface area contributed by atoms with Crippen molar-refractivity contribution in [2.45, 2.75) is 33.3 Å². The average Bonchev–Trinajstić information content (AvgIpc) is 3.00. The first kappa shape index (κ1) is 31.6. The third kappa shape index (κ3) is 7.27. The normalized spacial score (nSPS) is 11.1. The van der Waals surface area contributed by atoms with Gasteiger partial charge in [0.05, 0.1) is 23.9 Å². The van der Waals surface area contributed by atoms with Crippen LogP contribution in [0.5, 0.6) is 11.5 Å². The van der Waals surface area contributed by atoms with Gasteiger partial charge in [0.2, 0.25) is 0 Å². The molecule has 11 heteroatoms. The summed E-state index contributed by atoms with van der Waals surface area (Å²) in [7, 11) is 1.45. The van der Waals surface area contributed by atoms with E-state index in [0.29, 0.717) is 44.8 Å². The summed E-state index contributed by atoms with van der Waals surface area (Å²) in [5.74, 6) is 0.0642. The minimum absolute atomic E-state index is 0.174. The Morgan fingerprint density at radius 3 is 2.33 bits per heavy atom. The number of amides is 1. The Bertz CT molecular complexity index is 1960. The number of anilines is 3. The molecule has 0 radical (unpaired) electrons. The summed E-state index contributed by atoms with van der Waals surface area (Å²) < 4.78 is 31.6. The maximum Gasteiger partial charge on any atom is 0.412 e. The first-order valence-electron chi connectivity index (χ1n) is 14.3. The lowest BCUT2D eigenvalue weighted by molar-refractivity contribution is -0.132. The quantitative estimate of drug-likeness (QED) is 0.104. The van der Waals surface area contributed by atoms with Gasteiger partial charge in [-0.05, 0) is 56.7 Å². The van der Waals surface area contributed by atoms with Crippen LogP contribution in [0.4, 0.5) is 26.4 Å². The zero-order valence-electron chi connectivity index (χ0n) is 26.0. The van der Waals surface area contributed by atoms with E-state index >= 15 is 4.39 Å². The number of rotatable bonds is 8. The van der Waals surface area contributed by atoms with Crippen LogP contribution in [0.1, 0.15) is 33.3 Å². The van der Waals surface area contributed by atoms with Crippen molar-refractivity contribution >= 4 is 46.4 Å². The fourth-order valence-corrected chi connectivity index (χ4v) is 4.70.